The maximum atomic E-state index is 12.2. The molecule has 1 fully saturated rings. The predicted molar refractivity (Wildman–Crippen MR) is 70.7 cm³/mol. The number of nitrogens with one attached hydrogen (secondary N) is 2. The number of anilines is 1. The summed E-state index contributed by atoms with van der Waals surface area (Å²) >= 11 is 0. The number of nitrogen functional groups attached to an aromatic ring is 1. The molecule has 0 saturated heterocycles. The van der Waals surface area contributed by atoms with Crippen LogP contribution in [0.15, 0.2) is 29.3 Å². The van der Waals surface area contributed by atoms with Gasteiger partial charge in [-0.15, -0.1) is 0 Å². The smallest absolute Gasteiger partial charge is 0.242 e. The van der Waals surface area contributed by atoms with Crippen LogP contribution in [0.2, 0.25) is 0 Å². The number of benzene rings is 1. The van der Waals surface area contributed by atoms with E-state index >= 15 is 0 Å². The molecule has 0 amide bonds. The van der Waals surface area contributed by atoms with E-state index in [-0.39, 0.29) is 10.9 Å². The Bertz CT molecular complexity index is 686. The Labute approximate surface area is 105 Å². The zero-order valence-electron chi connectivity index (χ0n) is 9.81. The molecule has 4 N–H and O–H groups in total. The SMILES string of the molecule is Nc1ccc2[nH]cc(S(=O)(=O)NC3CCC3)c2c1. The quantitative estimate of drug-likeness (QED) is 0.736. The lowest BCUT2D eigenvalue weighted by Crippen LogP contribution is -2.39. The monoisotopic (exact) mass is 265 g/mol. The summed E-state index contributed by atoms with van der Waals surface area (Å²) in [6, 6.07) is 5.30. The van der Waals surface area contributed by atoms with Crippen LogP contribution in [-0.4, -0.2) is 19.4 Å². The van der Waals surface area contributed by atoms with Gasteiger partial charge in [0.1, 0.15) is 4.90 Å². The van der Waals surface area contributed by atoms with Crippen molar-refractivity contribution >= 4 is 26.6 Å². The highest BCUT2D eigenvalue weighted by Crippen LogP contribution is 2.27. The molecule has 1 aromatic heterocycles. The summed E-state index contributed by atoms with van der Waals surface area (Å²) < 4.78 is 27.2. The zero-order chi connectivity index (χ0) is 12.8. The minimum atomic E-state index is -3.46. The number of hydrogen-bond acceptors (Lipinski definition) is 3. The summed E-state index contributed by atoms with van der Waals surface area (Å²) in [7, 11) is -3.46. The molecule has 96 valence electrons. The molecule has 0 spiro atoms. The zero-order valence-corrected chi connectivity index (χ0v) is 10.6. The van der Waals surface area contributed by atoms with Gasteiger partial charge in [0.2, 0.25) is 10.0 Å². The van der Waals surface area contributed by atoms with E-state index in [1.165, 1.54) is 6.20 Å². The number of aromatic nitrogens is 1. The van der Waals surface area contributed by atoms with Gasteiger partial charge in [-0.05, 0) is 31.0 Å². The van der Waals surface area contributed by atoms with E-state index in [1.54, 1.807) is 18.2 Å². The number of rotatable bonds is 3. The molecule has 5 nitrogen and oxygen atoms in total. The number of hydrogen-bond donors (Lipinski definition) is 3. The molecule has 18 heavy (non-hydrogen) atoms. The molecule has 1 aliphatic carbocycles. The van der Waals surface area contributed by atoms with Crippen molar-refractivity contribution in [3.05, 3.63) is 24.4 Å². The Hall–Kier alpha value is -1.53. The van der Waals surface area contributed by atoms with Gasteiger partial charge in [0, 0.05) is 28.8 Å². The Morgan fingerprint density at radius 2 is 2.11 bits per heavy atom. The van der Waals surface area contributed by atoms with E-state index in [0.29, 0.717) is 11.1 Å². The Morgan fingerprint density at radius 1 is 1.33 bits per heavy atom. The Morgan fingerprint density at radius 3 is 2.78 bits per heavy atom. The van der Waals surface area contributed by atoms with Crippen LogP contribution < -0.4 is 10.5 Å². The first kappa shape index (κ1) is 11.6. The predicted octanol–water partition coefficient (Wildman–Crippen LogP) is 1.58. The van der Waals surface area contributed by atoms with Crippen molar-refractivity contribution in [3.8, 4) is 0 Å². The Kier molecular flexibility index (Phi) is 2.57. The van der Waals surface area contributed by atoms with Gasteiger partial charge in [0.15, 0.2) is 0 Å². The van der Waals surface area contributed by atoms with E-state index in [1.807, 2.05) is 0 Å². The van der Waals surface area contributed by atoms with E-state index in [4.69, 9.17) is 5.73 Å². The van der Waals surface area contributed by atoms with Crippen LogP contribution in [0.5, 0.6) is 0 Å². The highest BCUT2D eigenvalue weighted by atomic mass is 32.2. The molecular formula is C12H15N3O2S. The topological polar surface area (TPSA) is 88.0 Å². The lowest BCUT2D eigenvalue weighted by molar-refractivity contribution is 0.383. The maximum absolute atomic E-state index is 12.2. The van der Waals surface area contributed by atoms with Gasteiger partial charge in [-0.25, -0.2) is 13.1 Å². The first-order valence-corrected chi connectivity index (χ1v) is 7.43. The minimum Gasteiger partial charge on any atom is -0.399 e. The van der Waals surface area contributed by atoms with E-state index in [9.17, 15) is 8.42 Å². The fraction of sp³-hybridized carbons (Fsp3) is 0.333. The van der Waals surface area contributed by atoms with Gasteiger partial charge in [0.05, 0.1) is 0 Å². The second-order valence-corrected chi connectivity index (χ2v) is 6.39. The van der Waals surface area contributed by atoms with Crippen molar-refractivity contribution in [2.75, 3.05) is 5.73 Å². The first-order valence-electron chi connectivity index (χ1n) is 5.95. The average Bonchev–Trinajstić information content (AvgIpc) is 2.67. The lowest BCUT2D eigenvalue weighted by Gasteiger charge is -2.25. The normalized spacial score (nSPS) is 16.9. The number of sulfonamides is 1. The lowest BCUT2D eigenvalue weighted by atomic mass is 9.94. The van der Waals surface area contributed by atoms with E-state index < -0.39 is 10.0 Å². The van der Waals surface area contributed by atoms with E-state index in [0.717, 1.165) is 24.8 Å². The molecule has 1 saturated carbocycles. The van der Waals surface area contributed by atoms with Crippen LogP contribution in [0, 0.1) is 0 Å². The van der Waals surface area contributed by atoms with Crippen LogP contribution >= 0.6 is 0 Å². The summed E-state index contributed by atoms with van der Waals surface area (Å²) in [5, 5.41) is 0.641. The minimum absolute atomic E-state index is 0.0843. The molecule has 6 heteroatoms. The molecule has 1 aliphatic rings. The Balaban J connectivity index is 2.04. The molecule has 0 aliphatic heterocycles. The third kappa shape index (κ3) is 1.87. The summed E-state index contributed by atoms with van der Waals surface area (Å²) in [6.07, 6.45) is 4.45. The summed E-state index contributed by atoms with van der Waals surface area (Å²) in [6.45, 7) is 0. The highest BCUT2D eigenvalue weighted by molar-refractivity contribution is 7.89. The van der Waals surface area contributed by atoms with Crippen LogP contribution in [0.3, 0.4) is 0 Å². The third-order valence-corrected chi connectivity index (χ3v) is 4.94. The maximum Gasteiger partial charge on any atom is 0.242 e. The molecule has 3 rings (SSSR count). The van der Waals surface area contributed by atoms with Crippen molar-refractivity contribution in [3.63, 3.8) is 0 Å². The summed E-state index contributed by atoms with van der Waals surface area (Å²) in [5.41, 5.74) is 7.04. The number of aromatic amines is 1. The molecule has 1 aromatic carbocycles. The van der Waals surface area contributed by atoms with Crippen LogP contribution in [0.4, 0.5) is 5.69 Å². The van der Waals surface area contributed by atoms with Crippen molar-refractivity contribution in [2.45, 2.75) is 30.2 Å². The van der Waals surface area contributed by atoms with Crippen molar-refractivity contribution < 1.29 is 8.42 Å². The third-order valence-electron chi connectivity index (χ3n) is 3.38. The molecule has 0 bridgehead atoms. The van der Waals surface area contributed by atoms with Crippen molar-refractivity contribution in [1.29, 1.82) is 0 Å². The molecule has 0 atom stereocenters. The second kappa shape index (κ2) is 4.00. The first-order chi connectivity index (χ1) is 8.56. The van der Waals surface area contributed by atoms with Crippen LogP contribution in [-0.2, 0) is 10.0 Å². The van der Waals surface area contributed by atoms with Gasteiger partial charge >= 0.3 is 0 Å². The molecular weight excluding hydrogens is 250 g/mol. The van der Waals surface area contributed by atoms with Gasteiger partial charge in [-0.1, -0.05) is 6.42 Å². The largest absolute Gasteiger partial charge is 0.399 e. The molecule has 0 radical (unpaired) electrons. The molecule has 1 heterocycles. The van der Waals surface area contributed by atoms with Gasteiger partial charge in [0.25, 0.3) is 0 Å². The van der Waals surface area contributed by atoms with Crippen LogP contribution in [0.1, 0.15) is 19.3 Å². The fourth-order valence-corrected chi connectivity index (χ4v) is 3.62. The van der Waals surface area contributed by atoms with Gasteiger partial charge in [-0.3, -0.25) is 0 Å². The van der Waals surface area contributed by atoms with E-state index in [2.05, 4.69) is 9.71 Å². The van der Waals surface area contributed by atoms with Crippen molar-refractivity contribution in [1.82, 2.24) is 9.71 Å². The van der Waals surface area contributed by atoms with Crippen LogP contribution in [0.25, 0.3) is 10.9 Å². The number of nitrogens with two attached hydrogens (primary N) is 1. The number of fused-ring (bicyclic) bond motifs is 1. The average molecular weight is 265 g/mol. The number of H-pyrrole nitrogens is 1. The van der Waals surface area contributed by atoms with Gasteiger partial charge in [-0.2, -0.15) is 0 Å². The highest BCUT2D eigenvalue weighted by Gasteiger charge is 2.26. The summed E-state index contributed by atoms with van der Waals surface area (Å²) in [5.74, 6) is 0. The van der Waals surface area contributed by atoms with Gasteiger partial charge < -0.3 is 10.7 Å². The second-order valence-electron chi connectivity index (χ2n) is 4.71. The standard InChI is InChI=1S/C12H15N3O2S/c13-8-4-5-11-10(6-8)12(7-14-11)18(16,17)15-9-2-1-3-9/h4-7,9,14-15H,1-3,13H2. The van der Waals surface area contributed by atoms with Crippen molar-refractivity contribution in [2.24, 2.45) is 0 Å². The fourth-order valence-electron chi connectivity index (χ4n) is 2.14. The molecule has 0 unspecified atom stereocenters. The molecule has 2 aromatic rings. The summed E-state index contributed by atoms with van der Waals surface area (Å²) in [4.78, 5) is 3.23.